The zero-order valence-corrected chi connectivity index (χ0v) is 21.7. The number of anilines is 2. The molecule has 1 amide bonds. The maximum Gasteiger partial charge on any atom is 0.269 e. The molecule has 1 aliphatic carbocycles. The molecular weight excluding hydrogens is 492 g/mol. The Morgan fingerprint density at radius 2 is 1.76 bits per heavy atom. The zero-order valence-electron chi connectivity index (χ0n) is 21.0. The summed E-state index contributed by atoms with van der Waals surface area (Å²) < 4.78 is 1.83. The van der Waals surface area contributed by atoms with Crippen molar-refractivity contribution in [1.29, 1.82) is 0 Å². The fourth-order valence-corrected chi connectivity index (χ4v) is 5.60. The van der Waals surface area contributed by atoms with Crippen molar-refractivity contribution < 1.29 is 9.72 Å². The smallest absolute Gasteiger partial charge is 0.269 e. The van der Waals surface area contributed by atoms with Gasteiger partial charge < -0.3 is 4.90 Å². The summed E-state index contributed by atoms with van der Waals surface area (Å²) in [7, 11) is 1.89. The maximum absolute atomic E-state index is 13.8. The predicted octanol–water partition coefficient (Wildman–Crippen LogP) is 4.33. The largest absolute Gasteiger partial charge is 0.368 e. The van der Waals surface area contributed by atoms with E-state index in [1.165, 1.54) is 12.1 Å². The number of aromatic nitrogens is 2. The second-order valence-corrected chi connectivity index (χ2v) is 10.0. The lowest BCUT2D eigenvalue weighted by Crippen LogP contribution is -2.49. The van der Waals surface area contributed by atoms with E-state index in [-0.39, 0.29) is 11.6 Å². The number of aryl methyl sites for hydroxylation is 2. The van der Waals surface area contributed by atoms with Crippen LogP contribution in [0.3, 0.4) is 0 Å². The average Bonchev–Trinajstić information content (AvgIpc) is 3.25. The second kappa shape index (κ2) is 10.9. The second-order valence-electron chi connectivity index (χ2n) is 9.62. The van der Waals surface area contributed by atoms with Gasteiger partial charge in [0, 0.05) is 69.6 Å². The first-order valence-corrected chi connectivity index (χ1v) is 13.1. The number of nitrogens with zero attached hydrogens (tertiary/aromatic N) is 6. The molecule has 10 heteroatoms. The minimum atomic E-state index is -0.453. The molecule has 2 heterocycles. The van der Waals surface area contributed by atoms with Crippen molar-refractivity contribution >= 4 is 34.7 Å². The van der Waals surface area contributed by atoms with Crippen LogP contribution >= 0.6 is 11.6 Å². The van der Waals surface area contributed by atoms with Crippen molar-refractivity contribution in [2.75, 3.05) is 49.1 Å². The van der Waals surface area contributed by atoms with E-state index in [2.05, 4.69) is 9.80 Å². The number of rotatable bonds is 7. The standard InChI is InChI=1S/C27H31ClN6O3/c1-30-26(22-6-2-4-8-24(22)29-30)33(27(35)20-10-12-21(13-11-20)34(36)37)19-16-31-14-17-32(18-15-31)25-9-5-3-7-23(25)28/h3,5,7,9-13H,2,4,6,8,14-19H2,1H3. The first-order chi connectivity index (χ1) is 17.9. The summed E-state index contributed by atoms with van der Waals surface area (Å²) in [6.07, 6.45) is 4.01. The van der Waals surface area contributed by atoms with Gasteiger partial charge in [-0.1, -0.05) is 23.7 Å². The van der Waals surface area contributed by atoms with Crippen LogP contribution in [0.4, 0.5) is 17.2 Å². The zero-order chi connectivity index (χ0) is 25.9. The molecule has 9 nitrogen and oxygen atoms in total. The number of nitro benzene ring substituents is 1. The summed E-state index contributed by atoms with van der Waals surface area (Å²) in [5, 5.41) is 16.6. The van der Waals surface area contributed by atoms with Gasteiger partial charge in [-0.3, -0.25) is 29.4 Å². The molecule has 0 spiro atoms. The Balaban J connectivity index is 1.34. The molecule has 194 valence electrons. The normalized spacial score (nSPS) is 15.9. The minimum Gasteiger partial charge on any atom is -0.368 e. The highest BCUT2D eigenvalue weighted by molar-refractivity contribution is 6.33. The molecular formula is C27H31ClN6O3. The van der Waals surface area contributed by atoms with Crippen molar-refractivity contribution in [2.45, 2.75) is 25.7 Å². The lowest BCUT2D eigenvalue weighted by molar-refractivity contribution is -0.384. The number of hydrogen-bond donors (Lipinski definition) is 0. The number of nitro groups is 1. The number of amides is 1. The SMILES string of the molecule is Cn1nc2c(c1N(CCN1CCN(c3ccccc3Cl)CC1)C(=O)c1ccc([N+](=O)[O-])cc1)CCCC2. The number of halogens is 1. The highest BCUT2D eigenvalue weighted by atomic mass is 35.5. The number of hydrogen-bond acceptors (Lipinski definition) is 6. The summed E-state index contributed by atoms with van der Waals surface area (Å²) >= 11 is 6.40. The van der Waals surface area contributed by atoms with Crippen LogP contribution in [0.15, 0.2) is 48.5 Å². The van der Waals surface area contributed by atoms with Crippen LogP contribution in [-0.2, 0) is 19.9 Å². The predicted molar refractivity (Wildman–Crippen MR) is 145 cm³/mol. The van der Waals surface area contributed by atoms with E-state index in [0.717, 1.165) is 86.2 Å². The first-order valence-electron chi connectivity index (χ1n) is 12.8. The van der Waals surface area contributed by atoms with Crippen molar-refractivity contribution in [2.24, 2.45) is 7.05 Å². The number of para-hydroxylation sites is 1. The monoisotopic (exact) mass is 522 g/mol. The molecule has 37 heavy (non-hydrogen) atoms. The van der Waals surface area contributed by atoms with Crippen LogP contribution in [0, 0.1) is 10.1 Å². The molecule has 3 aromatic rings. The number of fused-ring (bicyclic) bond motifs is 1. The van der Waals surface area contributed by atoms with Crippen molar-refractivity contribution in [3.05, 3.63) is 80.5 Å². The molecule has 0 N–H and O–H groups in total. The van der Waals surface area contributed by atoms with Gasteiger partial charge in [-0.2, -0.15) is 5.10 Å². The van der Waals surface area contributed by atoms with Crippen LogP contribution in [0.5, 0.6) is 0 Å². The Morgan fingerprint density at radius 3 is 2.46 bits per heavy atom. The molecule has 0 saturated carbocycles. The number of benzene rings is 2. The molecule has 2 aliphatic rings. The summed E-state index contributed by atoms with van der Waals surface area (Å²) in [5.41, 5.74) is 3.67. The third kappa shape index (κ3) is 5.33. The quantitative estimate of drug-likeness (QED) is 0.339. The Morgan fingerprint density at radius 1 is 1.05 bits per heavy atom. The van der Waals surface area contributed by atoms with E-state index in [0.29, 0.717) is 12.1 Å². The number of piperazine rings is 1. The van der Waals surface area contributed by atoms with Gasteiger partial charge in [-0.15, -0.1) is 0 Å². The number of carbonyl (C=O) groups is 1. The lowest BCUT2D eigenvalue weighted by atomic mass is 9.97. The van der Waals surface area contributed by atoms with Crippen LogP contribution in [0.1, 0.15) is 34.5 Å². The van der Waals surface area contributed by atoms with E-state index in [4.69, 9.17) is 16.7 Å². The molecule has 1 saturated heterocycles. The highest BCUT2D eigenvalue weighted by Crippen LogP contribution is 2.31. The third-order valence-corrected chi connectivity index (χ3v) is 7.64. The highest BCUT2D eigenvalue weighted by Gasteiger charge is 2.29. The van der Waals surface area contributed by atoms with Gasteiger partial charge in [0.05, 0.1) is 21.3 Å². The molecule has 1 fully saturated rings. The molecule has 0 radical (unpaired) electrons. The fourth-order valence-electron chi connectivity index (χ4n) is 5.35. The lowest BCUT2D eigenvalue weighted by Gasteiger charge is -2.37. The Labute approximate surface area is 221 Å². The van der Waals surface area contributed by atoms with Crippen molar-refractivity contribution in [3.8, 4) is 0 Å². The van der Waals surface area contributed by atoms with Crippen LogP contribution in [0.2, 0.25) is 5.02 Å². The maximum atomic E-state index is 13.8. The van der Waals surface area contributed by atoms with Gasteiger partial charge in [-0.25, -0.2) is 0 Å². The van der Waals surface area contributed by atoms with Gasteiger partial charge in [0.1, 0.15) is 5.82 Å². The van der Waals surface area contributed by atoms with E-state index < -0.39 is 4.92 Å². The Hall–Kier alpha value is -3.43. The topological polar surface area (TPSA) is 87.8 Å². The molecule has 2 aromatic carbocycles. The van der Waals surface area contributed by atoms with Gasteiger partial charge in [0.25, 0.3) is 11.6 Å². The molecule has 0 bridgehead atoms. The Bertz CT molecular complexity index is 1280. The van der Waals surface area contributed by atoms with E-state index in [1.54, 1.807) is 12.1 Å². The van der Waals surface area contributed by atoms with Gasteiger partial charge in [-0.05, 0) is 49.9 Å². The van der Waals surface area contributed by atoms with Gasteiger partial charge in [0.15, 0.2) is 0 Å². The van der Waals surface area contributed by atoms with Crippen molar-refractivity contribution in [1.82, 2.24) is 14.7 Å². The first kappa shape index (κ1) is 25.2. The summed E-state index contributed by atoms with van der Waals surface area (Å²) in [4.78, 5) is 30.9. The number of carbonyl (C=O) groups excluding carboxylic acids is 1. The molecule has 0 atom stereocenters. The van der Waals surface area contributed by atoms with E-state index in [9.17, 15) is 14.9 Å². The van der Waals surface area contributed by atoms with Gasteiger partial charge >= 0.3 is 0 Å². The fraction of sp³-hybridized carbons (Fsp3) is 0.407. The third-order valence-electron chi connectivity index (χ3n) is 7.32. The minimum absolute atomic E-state index is 0.0302. The van der Waals surface area contributed by atoms with Crippen molar-refractivity contribution in [3.63, 3.8) is 0 Å². The van der Waals surface area contributed by atoms with Crippen LogP contribution in [0.25, 0.3) is 0 Å². The molecule has 5 rings (SSSR count). The van der Waals surface area contributed by atoms with Crippen LogP contribution < -0.4 is 9.80 Å². The summed E-state index contributed by atoms with van der Waals surface area (Å²) in [6.45, 7) is 4.69. The molecule has 1 aliphatic heterocycles. The van der Waals surface area contributed by atoms with Gasteiger partial charge in [0.2, 0.25) is 0 Å². The molecule has 0 unspecified atom stereocenters. The summed E-state index contributed by atoms with van der Waals surface area (Å²) in [6, 6.07) is 13.8. The summed E-state index contributed by atoms with van der Waals surface area (Å²) in [5.74, 6) is 0.675. The average molecular weight is 523 g/mol. The number of non-ortho nitro benzene ring substituents is 1. The molecule has 1 aromatic heterocycles. The van der Waals surface area contributed by atoms with E-state index >= 15 is 0 Å². The van der Waals surface area contributed by atoms with E-state index in [1.807, 2.05) is 40.9 Å². The van der Waals surface area contributed by atoms with Crippen LogP contribution in [-0.4, -0.2) is 64.8 Å². The Kier molecular flexibility index (Phi) is 7.43.